The van der Waals surface area contributed by atoms with E-state index in [0.29, 0.717) is 69.9 Å². The van der Waals surface area contributed by atoms with Crippen LogP contribution in [0.2, 0.25) is 0 Å². The number of amides is 4. The van der Waals surface area contributed by atoms with Crippen molar-refractivity contribution in [2.75, 3.05) is 52.5 Å². The van der Waals surface area contributed by atoms with Crippen LogP contribution in [0, 0.1) is 28.1 Å². The zero-order valence-electron chi connectivity index (χ0n) is 34.8. The number of ether oxygens (including phenoxy) is 2. The summed E-state index contributed by atoms with van der Waals surface area (Å²) in [6.07, 6.45) is 4.44. The number of likely N-dealkylation sites (tertiary alicyclic amines) is 3. The molecular weight excluding hydrogens is 801 g/mol. The molecule has 5 saturated heterocycles. The van der Waals surface area contributed by atoms with Gasteiger partial charge in [0.1, 0.15) is 5.69 Å². The van der Waals surface area contributed by atoms with Gasteiger partial charge in [-0.05, 0) is 80.9 Å². The Hall–Kier alpha value is -4.84. The molecule has 4 N–H and O–H groups in total. The van der Waals surface area contributed by atoms with E-state index in [1.54, 1.807) is 14.7 Å². The van der Waals surface area contributed by atoms with Gasteiger partial charge in [-0.2, -0.15) is 13.2 Å². The summed E-state index contributed by atoms with van der Waals surface area (Å²) in [7, 11) is 0. The van der Waals surface area contributed by atoms with E-state index in [9.17, 15) is 47.0 Å². The summed E-state index contributed by atoms with van der Waals surface area (Å²) < 4.78 is 50.9. The second kappa shape index (κ2) is 16.8. The van der Waals surface area contributed by atoms with Gasteiger partial charge < -0.3 is 40.0 Å². The number of hydrogen-bond acceptors (Lipinski definition) is 9. The lowest BCUT2D eigenvalue weighted by molar-refractivity contribution is -0.153. The predicted molar refractivity (Wildman–Crippen MR) is 212 cm³/mol. The average molecular weight is 857 g/mol. The number of piperidine rings is 1. The van der Waals surface area contributed by atoms with E-state index in [1.807, 2.05) is 6.92 Å². The molecule has 2 saturated carbocycles. The van der Waals surface area contributed by atoms with Crippen LogP contribution in [-0.4, -0.2) is 124 Å². The van der Waals surface area contributed by atoms with Crippen molar-refractivity contribution in [1.82, 2.24) is 24.7 Å². The summed E-state index contributed by atoms with van der Waals surface area (Å²) >= 11 is 0. The molecule has 4 amide bonds. The van der Waals surface area contributed by atoms with E-state index in [-0.39, 0.29) is 70.7 Å². The lowest BCUT2D eigenvalue weighted by atomic mass is 9.71. The molecule has 3 unspecified atom stereocenters. The van der Waals surface area contributed by atoms with Crippen LogP contribution in [0.4, 0.5) is 13.2 Å². The van der Waals surface area contributed by atoms with Gasteiger partial charge in [-0.3, -0.25) is 24.0 Å². The second-order valence-electron chi connectivity index (χ2n) is 18.8. The molecule has 6 heterocycles. The largest absolute Gasteiger partial charge is 0.478 e. The Balaban J connectivity index is 0.000000189. The molecule has 2 aromatic rings. The summed E-state index contributed by atoms with van der Waals surface area (Å²) in [6.45, 7) is 9.68. The number of rotatable bonds is 10. The van der Waals surface area contributed by atoms with E-state index >= 15 is 0 Å². The molecule has 0 radical (unpaired) electrons. The number of aromatic nitrogens is 2. The lowest BCUT2D eigenvalue weighted by Crippen LogP contribution is -2.64. The van der Waals surface area contributed by atoms with Crippen molar-refractivity contribution in [2.24, 2.45) is 33.8 Å². The van der Waals surface area contributed by atoms with Gasteiger partial charge in [-0.15, -0.1) is 0 Å². The Labute approximate surface area is 351 Å². The van der Waals surface area contributed by atoms with Crippen molar-refractivity contribution in [3.05, 3.63) is 63.3 Å². The normalized spacial score (nSPS) is 26.9. The molecule has 1 aromatic heterocycles. The van der Waals surface area contributed by atoms with E-state index < -0.39 is 40.5 Å². The van der Waals surface area contributed by atoms with Crippen molar-refractivity contribution in [3.63, 3.8) is 0 Å². The Kier molecular flexibility index (Phi) is 12.2. The maximum Gasteiger partial charge on any atom is 0.416 e. The molecule has 332 valence electrons. The van der Waals surface area contributed by atoms with Gasteiger partial charge in [-0.25, -0.2) is 9.78 Å². The molecule has 1 aromatic carbocycles. The Bertz CT molecular complexity index is 2050. The van der Waals surface area contributed by atoms with E-state index in [0.717, 1.165) is 51.0 Å². The van der Waals surface area contributed by atoms with Crippen LogP contribution in [0.5, 0.6) is 0 Å². The van der Waals surface area contributed by atoms with Gasteiger partial charge in [0, 0.05) is 62.2 Å². The Morgan fingerprint density at radius 3 is 2.21 bits per heavy atom. The quantitative estimate of drug-likeness (QED) is 0.313. The van der Waals surface area contributed by atoms with Crippen LogP contribution in [0.3, 0.4) is 0 Å². The van der Waals surface area contributed by atoms with E-state index in [1.165, 1.54) is 12.3 Å². The molecule has 3 atom stereocenters. The number of nitrogens with zero attached hydrogens (tertiary/aromatic N) is 4. The lowest BCUT2D eigenvalue weighted by Gasteiger charge is -2.50. The van der Waals surface area contributed by atoms with Crippen LogP contribution in [0.25, 0.3) is 0 Å². The predicted octanol–water partition coefficient (Wildman–Crippen LogP) is 4.07. The number of primary amides is 1. The molecule has 15 nitrogen and oxygen atoms in total. The molecule has 2 aliphatic carbocycles. The number of alkyl halides is 3. The third-order valence-corrected chi connectivity index (χ3v) is 14.0. The topological polar surface area (TPSA) is 206 Å². The number of halogens is 3. The van der Waals surface area contributed by atoms with Gasteiger partial charge >= 0.3 is 12.1 Å². The molecular formula is C43H55F3N6O9. The minimum atomic E-state index is -4.60. The van der Waals surface area contributed by atoms with Gasteiger partial charge in [-0.1, -0.05) is 19.9 Å². The van der Waals surface area contributed by atoms with Gasteiger partial charge in [0.2, 0.25) is 17.7 Å². The summed E-state index contributed by atoms with van der Waals surface area (Å²) in [6, 6.07) is 2.91. The standard InChI is InChI=1S/C25H32F3NO5.C18H23N5O4/c1-16(33-14-24-8-4-19(5-9-24)34-15-24)12-22(30)29-10-6-17(7-11-29)20-3-2-18(25(26,27)28)13-21(20)23(31)32;1-17(2)3-10(17)15(26)23-8-18(9-23)7-22(6-11(18)14(19)25)16(27)12-4-21-13(24)5-20-12/h2-3,13,16-17,19H,4-12,14-15H2,1H3,(H,31,32);4-5,10-11H,3,6-9H2,1-2H3,(H2,19,25)(H,21,24). The summed E-state index contributed by atoms with van der Waals surface area (Å²) in [5.74, 6) is -2.74. The number of aromatic carboxylic acids is 1. The summed E-state index contributed by atoms with van der Waals surface area (Å²) in [4.78, 5) is 84.1. The molecule has 7 aliphatic rings. The van der Waals surface area contributed by atoms with Gasteiger partial charge in [0.05, 0.1) is 55.1 Å². The highest BCUT2D eigenvalue weighted by molar-refractivity contribution is 5.93. The average Bonchev–Trinajstić information content (AvgIpc) is 3.67. The Morgan fingerprint density at radius 2 is 1.67 bits per heavy atom. The number of nitrogens with two attached hydrogens (primary N) is 1. The van der Waals surface area contributed by atoms with Crippen LogP contribution < -0.4 is 11.3 Å². The van der Waals surface area contributed by atoms with Crippen molar-refractivity contribution in [3.8, 4) is 0 Å². The number of carbonyl (C=O) groups is 5. The maximum absolute atomic E-state index is 13.0. The fraction of sp³-hybridized carbons (Fsp3) is 0.651. The van der Waals surface area contributed by atoms with Crippen LogP contribution in [0.1, 0.15) is 110 Å². The molecule has 9 rings (SSSR count). The fourth-order valence-corrected chi connectivity index (χ4v) is 9.90. The minimum Gasteiger partial charge on any atom is -0.478 e. The van der Waals surface area contributed by atoms with E-state index in [4.69, 9.17) is 15.2 Å². The fourth-order valence-electron chi connectivity index (χ4n) is 9.90. The SMILES string of the molecule is CC(CC(=O)N1CCC(c2ccc(C(F)(F)F)cc2C(=O)O)CC1)OCC12CCC(CC1)OC2.CC1(C)CC1C(=O)N1CC2(CN(C(=O)c3c[nH]c(=O)cn3)CC2C(N)=O)C1. The molecule has 61 heavy (non-hydrogen) atoms. The first-order chi connectivity index (χ1) is 28.7. The van der Waals surface area contributed by atoms with Gasteiger partial charge in [0.25, 0.3) is 11.5 Å². The summed E-state index contributed by atoms with van der Waals surface area (Å²) in [5.41, 5.74) is 4.07. The highest BCUT2D eigenvalue weighted by Crippen LogP contribution is 2.54. The zero-order chi connectivity index (χ0) is 44.1. The first-order valence-corrected chi connectivity index (χ1v) is 21.1. The number of nitrogens with one attached hydrogen (secondary N) is 1. The monoisotopic (exact) mass is 856 g/mol. The van der Waals surface area contributed by atoms with Crippen LogP contribution in [0.15, 0.2) is 35.4 Å². The molecule has 18 heteroatoms. The number of fused-ring (bicyclic) bond motifs is 3. The molecule has 2 bridgehead atoms. The number of carboxylic acid groups (broad SMARTS) is 1. The molecule has 1 spiro atoms. The van der Waals surface area contributed by atoms with Crippen molar-refractivity contribution >= 4 is 29.6 Å². The molecule has 7 fully saturated rings. The number of H-pyrrole nitrogens is 1. The third-order valence-electron chi connectivity index (χ3n) is 14.0. The zero-order valence-corrected chi connectivity index (χ0v) is 34.8. The molecule has 5 aliphatic heterocycles. The Morgan fingerprint density at radius 1 is 1.02 bits per heavy atom. The number of carboxylic acids is 1. The highest BCUT2D eigenvalue weighted by Gasteiger charge is 2.61. The maximum atomic E-state index is 13.0. The number of benzene rings is 1. The second-order valence-corrected chi connectivity index (χ2v) is 18.8. The van der Waals surface area contributed by atoms with Crippen LogP contribution >= 0.6 is 0 Å². The van der Waals surface area contributed by atoms with Crippen molar-refractivity contribution in [1.29, 1.82) is 0 Å². The van der Waals surface area contributed by atoms with Crippen molar-refractivity contribution in [2.45, 2.75) is 96.4 Å². The number of hydrogen-bond donors (Lipinski definition) is 3. The highest BCUT2D eigenvalue weighted by atomic mass is 19.4. The first-order valence-electron chi connectivity index (χ1n) is 21.1. The van der Waals surface area contributed by atoms with Gasteiger partial charge in [0.15, 0.2) is 0 Å². The minimum absolute atomic E-state index is 0.0158. The number of carbonyl (C=O) groups excluding carboxylic acids is 4. The smallest absolute Gasteiger partial charge is 0.416 e. The van der Waals surface area contributed by atoms with Crippen molar-refractivity contribution < 1.29 is 51.7 Å². The summed E-state index contributed by atoms with van der Waals surface area (Å²) in [5, 5.41) is 9.46. The first kappa shape index (κ1) is 44.2. The number of aromatic amines is 1. The van der Waals surface area contributed by atoms with Crippen LogP contribution in [-0.2, 0) is 30.0 Å². The third kappa shape index (κ3) is 9.49. The van der Waals surface area contributed by atoms with E-state index in [2.05, 4.69) is 23.8 Å².